The fourth-order valence-corrected chi connectivity index (χ4v) is 2.86. The molecule has 4 heteroatoms. The minimum absolute atomic E-state index is 0.193. The van der Waals surface area contributed by atoms with E-state index >= 15 is 0 Å². The molecular formula is C14H21ClN2O. The van der Waals surface area contributed by atoms with Crippen LogP contribution in [0.3, 0.4) is 0 Å². The molecule has 1 aliphatic rings. The van der Waals surface area contributed by atoms with E-state index in [2.05, 4.69) is 24.5 Å². The van der Waals surface area contributed by atoms with Crippen molar-refractivity contribution in [3.63, 3.8) is 0 Å². The predicted octanol–water partition coefficient (Wildman–Crippen LogP) is 3.21. The van der Waals surface area contributed by atoms with Crippen molar-refractivity contribution in [3.05, 3.63) is 22.7 Å². The highest BCUT2D eigenvalue weighted by Crippen LogP contribution is 2.33. The van der Waals surface area contributed by atoms with Gasteiger partial charge in [-0.2, -0.15) is 0 Å². The molecule has 0 radical (unpaired) electrons. The third-order valence-electron chi connectivity index (χ3n) is 3.39. The predicted molar refractivity (Wildman–Crippen MR) is 76.9 cm³/mol. The van der Waals surface area contributed by atoms with Crippen molar-refractivity contribution >= 4 is 17.3 Å². The molecule has 18 heavy (non-hydrogen) atoms. The highest BCUT2D eigenvalue weighted by atomic mass is 35.5. The highest BCUT2D eigenvalue weighted by molar-refractivity contribution is 6.31. The summed E-state index contributed by atoms with van der Waals surface area (Å²) in [5.41, 5.74) is 2.23. The number of hydrogen-bond acceptors (Lipinski definition) is 3. The molecule has 2 rings (SSSR count). The molecule has 0 spiro atoms. The molecule has 1 atom stereocenters. The Bertz CT molecular complexity index is 446. The molecule has 1 saturated heterocycles. The molecular weight excluding hydrogens is 248 g/mol. The summed E-state index contributed by atoms with van der Waals surface area (Å²) in [6.07, 6.45) is 1.09. The first kappa shape index (κ1) is 13.5. The Morgan fingerprint density at radius 1 is 1.44 bits per heavy atom. The number of ether oxygens (including phenoxy) is 1. The fourth-order valence-electron chi connectivity index (χ4n) is 2.59. The normalized spacial score (nSPS) is 21.9. The maximum atomic E-state index is 6.11. The number of anilines is 1. The lowest BCUT2D eigenvalue weighted by Crippen LogP contribution is -2.31. The van der Waals surface area contributed by atoms with E-state index in [0.29, 0.717) is 6.04 Å². The Hall–Kier alpha value is -0.930. The van der Waals surface area contributed by atoms with Crippen LogP contribution < -0.4 is 15.4 Å². The Kier molecular flexibility index (Phi) is 3.74. The molecule has 1 fully saturated rings. The lowest BCUT2D eigenvalue weighted by atomic mass is 10.0. The summed E-state index contributed by atoms with van der Waals surface area (Å²) in [7, 11) is 1.69. The zero-order chi connectivity index (χ0) is 13.3. The number of halogens is 1. The average Bonchev–Trinajstić information content (AvgIpc) is 2.57. The van der Waals surface area contributed by atoms with Gasteiger partial charge >= 0.3 is 0 Å². The van der Waals surface area contributed by atoms with Gasteiger partial charge in [-0.25, -0.2) is 0 Å². The quantitative estimate of drug-likeness (QED) is 0.883. The van der Waals surface area contributed by atoms with Crippen molar-refractivity contribution in [2.24, 2.45) is 0 Å². The van der Waals surface area contributed by atoms with Crippen LogP contribution in [0.15, 0.2) is 12.1 Å². The van der Waals surface area contributed by atoms with Gasteiger partial charge in [0.25, 0.3) is 0 Å². The van der Waals surface area contributed by atoms with Crippen LogP contribution in [0.1, 0.15) is 25.8 Å². The zero-order valence-corrected chi connectivity index (χ0v) is 12.2. The zero-order valence-electron chi connectivity index (χ0n) is 11.4. The molecule has 100 valence electrons. The van der Waals surface area contributed by atoms with Gasteiger partial charge in [-0.05, 0) is 44.9 Å². The van der Waals surface area contributed by atoms with Crippen molar-refractivity contribution in [1.82, 2.24) is 5.32 Å². The van der Waals surface area contributed by atoms with E-state index in [1.54, 1.807) is 7.11 Å². The highest BCUT2D eigenvalue weighted by Gasteiger charge is 2.30. The molecule has 0 bridgehead atoms. The van der Waals surface area contributed by atoms with E-state index in [-0.39, 0.29) is 5.54 Å². The molecule has 2 N–H and O–H groups in total. The number of rotatable bonds is 3. The standard InChI is InChI=1S/C14H21ClN2O/c1-9-5-10(15)6-12(13(9)18-4)17-11-7-14(2,3)16-8-11/h5-6,11,16-17H,7-8H2,1-4H3. The van der Waals surface area contributed by atoms with Crippen LogP contribution in [0, 0.1) is 6.92 Å². The van der Waals surface area contributed by atoms with Gasteiger partial charge in [0, 0.05) is 23.1 Å². The average molecular weight is 269 g/mol. The maximum Gasteiger partial charge on any atom is 0.144 e. The summed E-state index contributed by atoms with van der Waals surface area (Å²) in [6.45, 7) is 7.40. The van der Waals surface area contributed by atoms with Gasteiger partial charge in [-0.1, -0.05) is 11.6 Å². The van der Waals surface area contributed by atoms with Crippen molar-refractivity contribution in [2.45, 2.75) is 38.8 Å². The van der Waals surface area contributed by atoms with E-state index in [9.17, 15) is 0 Å². The summed E-state index contributed by atoms with van der Waals surface area (Å²) in [6, 6.07) is 4.26. The first-order valence-corrected chi connectivity index (χ1v) is 6.65. The first-order chi connectivity index (χ1) is 8.41. The van der Waals surface area contributed by atoms with E-state index in [1.807, 2.05) is 19.1 Å². The number of nitrogens with one attached hydrogen (secondary N) is 2. The molecule has 0 aromatic heterocycles. The third-order valence-corrected chi connectivity index (χ3v) is 3.61. The maximum absolute atomic E-state index is 6.11. The summed E-state index contributed by atoms with van der Waals surface area (Å²) >= 11 is 6.11. The topological polar surface area (TPSA) is 33.3 Å². The molecule has 1 heterocycles. The van der Waals surface area contributed by atoms with Crippen LogP contribution in [-0.2, 0) is 0 Å². The smallest absolute Gasteiger partial charge is 0.144 e. The lowest BCUT2D eigenvalue weighted by molar-refractivity contribution is 0.412. The second kappa shape index (κ2) is 4.98. The van der Waals surface area contributed by atoms with E-state index in [4.69, 9.17) is 16.3 Å². The van der Waals surface area contributed by atoms with Crippen LogP contribution in [0.2, 0.25) is 5.02 Å². The van der Waals surface area contributed by atoms with E-state index in [1.165, 1.54) is 0 Å². The number of aryl methyl sites for hydroxylation is 1. The largest absolute Gasteiger partial charge is 0.494 e. The minimum Gasteiger partial charge on any atom is -0.494 e. The summed E-state index contributed by atoms with van der Waals surface area (Å²) in [5.74, 6) is 0.879. The van der Waals surface area contributed by atoms with Crippen molar-refractivity contribution < 1.29 is 4.74 Å². The van der Waals surface area contributed by atoms with E-state index < -0.39 is 0 Å². The second-order valence-corrected chi connectivity index (χ2v) is 6.05. The summed E-state index contributed by atoms with van der Waals surface area (Å²) in [4.78, 5) is 0. The van der Waals surface area contributed by atoms with Gasteiger partial charge in [0.2, 0.25) is 0 Å². The SMILES string of the molecule is COc1c(C)cc(Cl)cc1NC1CNC(C)(C)C1. The minimum atomic E-state index is 0.193. The summed E-state index contributed by atoms with van der Waals surface area (Å²) in [5, 5.41) is 7.76. The van der Waals surface area contributed by atoms with Gasteiger partial charge in [-0.15, -0.1) is 0 Å². The first-order valence-electron chi connectivity index (χ1n) is 6.27. The van der Waals surface area contributed by atoms with E-state index in [0.717, 1.165) is 35.0 Å². The van der Waals surface area contributed by atoms with Crippen LogP contribution >= 0.6 is 11.6 Å². The molecule has 1 aliphatic heterocycles. The Morgan fingerprint density at radius 3 is 2.72 bits per heavy atom. The number of benzene rings is 1. The molecule has 1 unspecified atom stereocenters. The van der Waals surface area contributed by atoms with Crippen LogP contribution in [0.5, 0.6) is 5.75 Å². The number of hydrogen-bond donors (Lipinski definition) is 2. The van der Waals surface area contributed by atoms with Crippen molar-refractivity contribution in [2.75, 3.05) is 19.0 Å². The van der Waals surface area contributed by atoms with Crippen LogP contribution in [-0.4, -0.2) is 25.2 Å². The molecule has 0 amide bonds. The summed E-state index contributed by atoms with van der Waals surface area (Å²) < 4.78 is 5.45. The molecule has 1 aromatic carbocycles. The molecule has 1 aromatic rings. The monoisotopic (exact) mass is 268 g/mol. The van der Waals surface area contributed by atoms with Gasteiger partial charge < -0.3 is 15.4 Å². The van der Waals surface area contributed by atoms with Crippen LogP contribution in [0.25, 0.3) is 0 Å². The van der Waals surface area contributed by atoms with Crippen molar-refractivity contribution in [3.8, 4) is 5.75 Å². The van der Waals surface area contributed by atoms with Crippen LogP contribution in [0.4, 0.5) is 5.69 Å². The lowest BCUT2D eigenvalue weighted by Gasteiger charge is -2.20. The molecule has 0 saturated carbocycles. The molecule has 0 aliphatic carbocycles. The number of methoxy groups -OCH3 is 1. The van der Waals surface area contributed by atoms with Gasteiger partial charge in [0.1, 0.15) is 5.75 Å². The third kappa shape index (κ3) is 2.90. The second-order valence-electron chi connectivity index (χ2n) is 5.61. The van der Waals surface area contributed by atoms with Crippen molar-refractivity contribution in [1.29, 1.82) is 0 Å². The van der Waals surface area contributed by atoms with Gasteiger partial charge in [-0.3, -0.25) is 0 Å². The Balaban J connectivity index is 2.19. The van der Waals surface area contributed by atoms with Gasteiger partial charge in [0.05, 0.1) is 12.8 Å². The fraction of sp³-hybridized carbons (Fsp3) is 0.571. The Morgan fingerprint density at radius 2 is 2.17 bits per heavy atom. The van der Waals surface area contributed by atoms with Gasteiger partial charge in [0.15, 0.2) is 0 Å². The Labute approximate surface area is 114 Å². The molecule has 3 nitrogen and oxygen atoms in total.